The summed E-state index contributed by atoms with van der Waals surface area (Å²) in [5.41, 5.74) is 0.820. The molecule has 0 fully saturated rings. The van der Waals surface area contributed by atoms with Crippen LogP contribution in [0.15, 0.2) is 6.07 Å². The molecule has 1 heterocycles. The molecule has 0 radical (unpaired) electrons. The van der Waals surface area contributed by atoms with Crippen molar-refractivity contribution in [3.05, 3.63) is 22.5 Å². The molecule has 0 bridgehead atoms. The maximum absolute atomic E-state index is 10.5. The van der Waals surface area contributed by atoms with Gasteiger partial charge in [-0.2, -0.15) is 5.26 Å². The van der Waals surface area contributed by atoms with Crippen LogP contribution in [0.4, 0.5) is 0 Å². The van der Waals surface area contributed by atoms with Crippen molar-refractivity contribution in [3.8, 4) is 6.07 Å². The predicted molar refractivity (Wildman–Crippen MR) is 49.8 cm³/mol. The standard InChI is InChI=1S/C9H9ClN2O/c1-2-3-12-8(5-11)4-7(6-13)9(12)10/h4,6H,2-3H2,1H3. The molecule has 0 N–H and O–H groups in total. The number of aromatic nitrogens is 1. The van der Waals surface area contributed by atoms with Crippen LogP contribution in [-0.2, 0) is 6.54 Å². The predicted octanol–water partition coefficient (Wildman–Crippen LogP) is 2.24. The van der Waals surface area contributed by atoms with Crippen LogP contribution in [0.3, 0.4) is 0 Å². The number of halogens is 1. The first-order valence-corrected chi connectivity index (χ1v) is 4.36. The second-order valence-corrected chi connectivity index (χ2v) is 3.02. The summed E-state index contributed by atoms with van der Waals surface area (Å²) in [5.74, 6) is 0. The fourth-order valence-electron chi connectivity index (χ4n) is 1.16. The van der Waals surface area contributed by atoms with Gasteiger partial charge < -0.3 is 4.57 Å². The molecule has 0 spiro atoms. The lowest BCUT2D eigenvalue weighted by molar-refractivity contribution is 0.112. The van der Waals surface area contributed by atoms with Crippen LogP contribution in [-0.4, -0.2) is 10.9 Å². The second-order valence-electron chi connectivity index (χ2n) is 2.66. The van der Waals surface area contributed by atoms with E-state index < -0.39 is 0 Å². The van der Waals surface area contributed by atoms with Crippen molar-refractivity contribution in [2.45, 2.75) is 19.9 Å². The van der Waals surface area contributed by atoms with Crippen LogP contribution in [0.25, 0.3) is 0 Å². The van der Waals surface area contributed by atoms with E-state index in [9.17, 15) is 4.79 Å². The summed E-state index contributed by atoms with van der Waals surface area (Å²) < 4.78 is 1.64. The molecule has 0 aliphatic heterocycles. The van der Waals surface area contributed by atoms with Crippen LogP contribution in [0.5, 0.6) is 0 Å². The van der Waals surface area contributed by atoms with Gasteiger partial charge in [0.2, 0.25) is 0 Å². The van der Waals surface area contributed by atoms with Crippen molar-refractivity contribution in [2.75, 3.05) is 0 Å². The number of aldehydes is 1. The third-order valence-electron chi connectivity index (χ3n) is 1.75. The monoisotopic (exact) mass is 196 g/mol. The highest BCUT2D eigenvalue weighted by atomic mass is 35.5. The van der Waals surface area contributed by atoms with Crippen LogP contribution in [0.2, 0.25) is 5.15 Å². The molecule has 0 aliphatic rings. The fourth-order valence-corrected chi connectivity index (χ4v) is 1.44. The van der Waals surface area contributed by atoms with Gasteiger partial charge in [0, 0.05) is 6.54 Å². The van der Waals surface area contributed by atoms with Gasteiger partial charge in [0.25, 0.3) is 0 Å². The number of carbonyl (C=O) groups excluding carboxylic acids is 1. The number of hydrogen-bond acceptors (Lipinski definition) is 2. The molecule has 0 aliphatic carbocycles. The highest BCUT2D eigenvalue weighted by molar-refractivity contribution is 6.32. The van der Waals surface area contributed by atoms with Gasteiger partial charge in [0.1, 0.15) is 16.9 Å². The van der Waals surface area contributed by atoms with Gasteiger partial charge in [-0.25, -0.2) is 0 Å². The normalized spacial score (nSPS) is 9.62. The zero-order valence-corrected chi connectivity index (χ0v) is 8.01. The Morgan fingerprint density at radius 3 is 2.92 bits per heavy atom. The van der Waals surface area contributed by atoms with Crippen LogP contribution in [0, 0.1) is 11.3 Å². The Kier molecular flexibility index (Phi) is 3.10. The molecular weight excluding hydrogens is 188 g/mol. The Bertz CT molecular complexity index is 362. The average molecular weight is 197 g/mol. The summed E-state index contributed by atoms with van der Waals surface area (Å²) >= 11 is 5.87. The van der Waals surface area contributed by atoms with Gasteiger partial charge in [-0.3, -0.25) is 4.79 Å². The van der Waals surface area contributed by atoms with E-state index in [2.05, 4.69) is 0 Å². The Balaban J connectivity index is 3.22. The van der Waals surface area contributed by atoms with E-state index in [0.29, 0.717) is 29.2 Å². The first kappa shape index (κ1) is 9.82. The van der Waals surface area contributed by atoms with E-state index in [1.54, 1.807) is 4.57 Å². The Hall–Kier alpha value is -1.27. The van der Waals surface area contributed by atoms with Gasteiger partial charge in [0.05, 0.1) is 5.56 Å². The van der Waals surface area contributed by atoms with Crippen LogP contribution in [0.1, 0.15) is 29.4 Å². The largest absolute Gasteiger partial charge is 0.323 e. The maximum atomic E-state index is 10.5. The zero-order valence-electron chi connectivity index (χ0n) is 7.25. The average Bonchev–Trinajstić information content (AvgIpc) is 2.45. The third kappa shape index (κ3) is 1.73. The van der Waals surface area contributed by atoms with E-state index in [1.165, 1.54) is 6.07 Å². The molecule has 68 valence electrons. The lowest BCUT2D eigenvalue weighted by atomic mass is 10.3. The number of rotatable bonds is 3. The summed E-state index contributed by atoms with van der Waals surface area (Å²) in [6.07, 6.45) is 1.54. The van der Waals surface area contributed by atoms with Crippen LogP contribution < -0.4 is 0 Å². The second kappa shape index (κ2) is 4.11. The topological polar surface area (TPSA) is 45.8 Å². The Morgan fingerprint density at radius 2 is 2.46 bits per heavy atom. The number of hydrogen-bond donors (Lipinski definition) is 0. The molecule has 13 heavy (non-hydrogen) atoms. The Labute approximate surface area is 81.5 Å². The summed E-state index contributed by atoms with van der Waals surface area (Å²) in [6.45, 7) is 2.65. The highest BCUT2D eigenvalue weighted by Crippen LogP contribution is 2.20. The summed E-state index contributed by atoms with van der Waals surface area (Å²) in [5, 5.41) is 9.09. The first-order valence-electron chi connectivity index (χ1n) is 3.98. The lowest BCUT2D eigenvalue weighted by Gasteiger charge is -2.02. The van der Waals surface area contributed by atoms with E-state index >= 15 is 0 Å². The minimum atomic E-state index is 0.355. The quantitative estimate of drug-likeness (QED) is 0.696. The van der Waals surface area contributed by atoms with Crippen molar-refractivity contribution >= 4 is 17.9 Å². The van der Waals surface area contributed by atoms with Crippen molar-refractivity contribution in [1.82, 2.24) is 4.57 Å². The van der Waals surface area contributed by atoms with Crippen molar-refractivity contribution in [2.24, 2.45) is 0 Å². The molecule has 3 nitrogen and oxygen atoms in total. The number of nitrogens with zero attached hydrogens (tertiary/aromatic N) is 2. The van der Waals surface area contributed by atoms with E-state index in [0.717, 1.165) is 6.42 Å². The molecule has 0 saturated heterocycles. The molecule has 1 aromatic heterocycles. The summed E-state index contributed by atoms with van der Waals surface area (Å²) in [6, 6.07) is 3.50. The SMILES string of the molecule is CCCn1c(C#N)cc(C=O)c1Cl. The minimum Gasteiger partial charge on any atom is -0.323 e. The van der Waals surface area contributed by atoms with Gasteiger partial charge in [0.15, 0.2) is 6.29 Å². The molecule has 1 rings (SSSR count). The highest BCUT2D eigenvalue weighted by Gasteiger charge is 2.11. The van der Waals surface area contributed by atoms with E-state index in [1.807, 2.05) is 13.0 Å². The summed E-state index contributed by atoms with van der Waals surface area (Å²) in [4.78, 5) is 10.5. The minimum absolute atomic E-state index is 0.355. The zero-order chi connectivity index (χ0) is 9.84. The molecule has 4 heteroatoms. The van der Waals surface area contributed by atoms with Crippen molar-refractivity contribution in [1.29, 1.82) is 5.26 Å². The van der Waals surface area contributed by atoms with Crippen molar-refractivity contribution < 1.29 is 4.79 Å². The molecule has 0 aromatic carbocycles. The molecule has 1 aromatic rings. The number of carbonyl (C=O) groups is 1. The molecule has 0 saturated carbocycles. The Morgan fingerprint density at radius 1 is 1.77 bits per heavy atom. The van der Waals surface area contributed by atoms with Gasteiger partial charge in [-0.05, 0) is 12.5 Å². The smallest absolute Gasteiger partial charge is 0.153 e. The fraction of sp³-hybridized carbons (Fsp3) is 0.333. The van der Waals surface area contributed by atoms with Gasteiger partial charge in [-0.15, -0.1) is 0 Å². The third-order valence-corrected chi connectivity index (χ3v) is 2.17. The lowest BCUT2D eigenvalue weighted by Crippen LogP contribution is -1.99. The molecular formula is C9H9ClN2O. The van der Waals surface area contributed by atoms with Gasteiger partial charge in [-0.1, -0.05) is 18.5 Å². The molecule has 0 amide bonds. The van der Waals surface area contributed by atoms with Crippen molar-refractivity contribution in [3.63, 3.8) is 0 Å². The molecule has 0 atom stereocenters. The van der Waals surface area contributed by atoms with E-state index in [4.69, 9.17) is 16.9 Å². The van der Waals surface area contributed by atoms with Crippen LogP contribution >= 0.6 is 11.6 Å². The van der Waals surface area contributed by atoms with E-state index in [-0.39, 0.29) is 0 Å². The van der Waals surface area contributed by atoms with Gasteiger partial charge >= 0.3 is 0 Å². The molecule has 0 unspecified atom stereocenters. The first-order chi connectivity index (χ1) is 6.24. The number of nitriles is 1. The summed E-state index contributed by atoms with van der Waals surface area (Å²) in [7, 11) is 0. The maximum Gasteiger partial charge on any atom is 0.153 e.